The van der Waals surface area contributed by atoms with Crippen molar-refractivity contribution in [1.29, 1.82) is 0 Å². The standard InChI is InChI=1S/C21H26ClFN4O3/c22-14-5-4-13(7-15(14)23)30-8-17(28)25-20-9-21(10-20,11-20)26-19(29)18-16-3-1-2-6-27(16)12-24-18/h4-5,7,16,18,24H,1-3,6,8-12H2,(H,25,28)(H,26,29). The number of halogens is 2. The number of hydrogen-bond donors (Lipinski definition) is 3. The zero-order valence-corrected chi connectivity index (χ0v) is 17.4. The minimum absolute atomic E-state index is 0.0111. The van der Waals surface area contributed by atoms with Crippen molar-refractivity contribution in [3.8, 4) is 5.75 Å². The molecule has 3 N–H and O–H groups in total. The molecule has 3 aliphatic carbocycles. The third-order valence-corrected chi connectivity index (χ3v) is 7.24. The van der Waals surface area contributed by atoms with Crippen LogP contribution < -0.4 is 20.7 Å². The van der Waals surface area contributed by atoms with Gasteiger partial charge in [0.15, 0.2) is 6.61 Å². The van der Waals surface area contributed by atoms with E-state index in [0.717, 1.165) is 45.0 Å². The first kappa shape index (κ1) is 20.0. The first-order valence-corrected chi connectivity index (χ1v) is 10.9. The van der Waals surface area contributed by atoms with Gasteiger partial charge in [-0.05, 0) is 50.8 Å². The summed E-state index contributed by atoms with van der Waals surface area (Å²) in [5.74, 6) is -0.494. The van der Waals surface area contributed by atoms with Gasteiger partial charge in [0.05, 0.1) is 5.02 Å². The molecule has 2 unspecified atom stereocenters. The van der Waals surface area contributed by atoms with E-state index in [-0.39, 0.29) is 46.3 Å². The van der Waals surface area contributed by atoms with Crippen molar-refractivity contribution in [3.63, 3.8) is 0 Å². The molecule has 6 rings (SSSR count). The summed E-state index contributed by atoms with van der Waals surface area (Å²) in [6.07, 6.45) is 5.68. The molecule has 2 amide bonds. The van der Waals surface area contributed by atoms with E-state index < -0.39 is 5.82 Å². The lowest BCUT2D eigenvalue weighted by Gasteiger charge is -2.70. The number of fused-ring (bicyclic) bond motifs is 1. The second-order valence-corrected chi connectivity index (χ2v) is 9.62. The quantitative estimate of drug-likeness (QED) is 0.630. The molecule has 1 aromatic carbocycles. The van der Waals surface area contributed by atoms with Gasteiger partial charge in [-0.25, -0.2) is 4.39 Å². The first-order valence-electron chi connectivity index (χ1n) is 10.6. The molecule has 0 aromatic heterocycles. The van der Waals surface area contributed by atoms with Crippen LogP contribution in [0.4, 0.5) is 4.39 Å². The fourth-order valence-electron chi connectivity index (χ4n) is 5.65. The number of nitrogens with one attached hydrogen (secondary N) is 3. The van der Waals surface area contributed by atoms with Crippen LogP contribution in [0.3, 0.4) is 0 Å². The van der Waals surface area contributed by atoms with E-state index in [1.165, 1.54) is 25.0 Å². The zero-order valence-electron chi connectivity index (χ0n) is 16.7. The number of nitrogens with zero attached hydrogens (tertiary/aromatic N) is 1. The molecule has 9 heteroatoms. The minimum Gasteiger partial charge on any atom is -0.484 e. The maximum atomic E-state index is 13.4. The van der Waals surface area contributed by atoms with Crippen LogP contribution >= 0.6 is 11.6 Å². The maximum Gasteiger partial charge on any atom is 0.258 e. The van der Waals surface area contributed by atoms with Crippen molar-refractivity contribution in [3.05, 3.63) is 29.0 Å². The molecule has 2 bridgehead atoms. The predicted octanol–water partition coefficient (Wildman–Crippen LogP) is 1.55. The van der Waals surface area contributed by atoms with Gasteiger partial charge in [-0.2, -0.15) is 0 Å². The normalized spacial score (nSPS) is 34.3. The van der Waals surface area contributed by atoms with E-state index in [1.807, 2.05) is 0 Å². The minimum atomic E-state index is -0.584. The van der Waals surface area contributed by atoms with Gasteiger partial charge in [0, 0.05) is 29.9 Å². The predicted molar refractivity (Wildman–Crippen MR) is 109 cm³/mol. The Hall–Kier alpha value is -1.90. The van der Waals surface area contributed by atoms with E-state index in [9.17, 15) is 14.0 Å². The van der Waals surface area contributed by atoms with Gasteiger partial charge in [-0.3, -0.25) is 19.8 Å². The Kier molecular flexibility index (Phi) is 4.91. The van der Waals surface area contributed by atoms with E-state index in [0.29, 0.717) is 6.04 Å². The van der Waals surface area contributed by atoms with E-state index in [4.69, 9.17) is 16.3 Å². The van der Waals surface area contributed by atoms with E-state index in [1.54, 1.807) is 0 Å². The van der Waals surface area contributed by atoms with Gasteiger partial charge in [-0.15, -0.1) is 0 Å². The second kappa shape index (κ2) is 7.35. The maximum absolute atomic E-state index is 13.4. The van der Waals surface area contributed by atoms with Gasteiger partial charge in [0.2, 0.25) is 5.91 Å². The topological polar surface area (TPSA) is 82.7 Å². The molecule has 30 heavy (non-hydrogen) atoms. The molecular formula is C21H26ClFN4O3. The second-order valence-electron chi connectivity index (χ2n) is 9.21. The number of hydrogen-bond acceptors (Lipinski definition) is 5. The highest BCUT2D eigenvalue weighted by Crippen LogP contribution is 2.60. The van der Waals surface area contributed by atoms with E-state index >= 15 is 0 Å². The van der Waals surface area contributed by atoms with Crippen LogP contribution in [0.2, 0.25) is 5.02 Å². The van der Waals surface area contributed by atoms with Crippen molar-refractivity contribution < 1.29 is 18.7 Å². The fourth-order valence-corrected chi connectivity index (χ4v) is 5.77. The van der Waals surface area contributed by atoms with Crippen LogP contribution in [0.15, 0.2) is 18.2 Å². The lowest BCUT2D eigenvalue weighted by Crippen LogP contribution is -2.84. The van der Waals surface area contributed by atoms with Crippen molar-refractivity contribution in [2.75, 3.05) is 19.8 Å². The van der Waals surface area contributed by atoms with Crippen LogP contribution in [0.25, 0.3) is 0 Å². The molecule has 1 aromatic rings. The van der Waals surface area contributed by atoms with Crippen LogP contribution in [-0.2, 0) is 9.59 Å². The number of carbonyl (C=O) groups excluding carboxylic acids is 2. The molecule has 2 heterocycles. The van der Waals surface area contributed by atoms with Gasteiger partial charge < -0.3 is 15.4 Å². The third kappa shape index (κ3) is 3.55. The van der Waals surface area contributed by atoms with Crippen LogP contribution in [0.1, 0.15) is 38.5 Å². The van der Waals surface area contributed by atoms with Crippen LogP contribution in [0, 0.1) is 5.82 Å². The Labute approximate surface area is 179 Å². The molecule has 2 atom stereocenters. The van der Waals surface area contributed by atoms with Crippen LogP contribution in [0.5, 0.6) is 5.75 Å². The lowest BCUT2D eigenvalue weighted by atomic mass is 9.44. The lowest BCUT2D eigenvalue weighted by molar-refractivity contribution is -0.151. The highest BCUT2D eigenvalue weighted by molar-refractivity contribution is 6.30. The average molecular weight is 437 g/mol. The molecule has 5 fully saturated rings. The number of amides is 2. The molecule has 0 radical (unpaired) electrons. The summed E-state index contributed by atoms with van der Waals surface area (Å²) in [5.41, 5.74) is -0.437. The number of benzene rings is 1. The summed E-state index contributed by atoms with van der Waals surface area (Å²) in [5, 5.41) is 9.62. The van der Waals surface area contributed by atoms with Gasteiger partial charge >= 0.3 is 0 Å². The summed E-state index contributed by atoms with van der Waals surface area (Å²) < 4.78 is 18.8. The fraction of sp³-hybridized carbons (Fsp3) is 0.619. The first-order chi connectivity index (χ1) is 14.4. The molecule has 0 spiro atoms. The van der Waals surface area contributed by atoms with Gasteiger partial charge in [0.25, 0.3) is 5.91 Å². The summed E-state index contributed by atoms with van der Waals surface area (Å²) in [4.78, 5) is 27.4. The van der Waals surface area contributed by atoms with Gasteiger partial charge in [0.1, 0.15) is 17.6 Å². The molecule has 2 saturated heterocycles. The van der Waals surface area contributed by atoms with Crippen molar-refractivity contribution in [2.24, 2.45) is 0 Å². The zero-order chi connectivity index (χ0) is 20.9. The Balaban J connectivity index is 1.07. The molecule has 162 valence electrons. The highest BCUT2D eigenvalue weighted by atomic mass is 35.5. The molecule has 3 saturated carbocycles. The van der Waals surface area contributed by atoms with Crippen molar-refractivity contribution in [1.82, 2.24) is 20.9 Å². The van der Waals surface area contributed by atoms with Crippen molar-refractivity contribution >= 4 is 23.4 Å². The molecule has 2 aliphatic heterocycles. The SMILES string of the molecule is O=C(COc1ccc(Cl)c(F)c1)NC12CC(NC(=O)C3NCN4CCCCC34)(C1)C2. The Bertz CT molecular complexity index is 862. The third-order valence-electron chi connectivity index (χ3n) is 6.93. The number of piperidine rings is 1. The summed E-state index contributed by atoms with van der Waals surface area (Å²) in [7, 11) is 0. The largest absolute Gasteiger partial charge is 0.484 e. The molecule has 7 nitrogen and oxygen atoms in total. The Morgan fingerprint density at radius 2 is 2.00 bits per heavy atom. The van der Waals surface area contributed by atoms with Crippen LogP contribution in [-0.4, -0.2) is 59.7 Å². The number of rotatable bonds is 6. The monoisotopic (exact) mass is 436 g/mol. The Morgan fingerprint density at radius 3 is 2.77 bits per heavy atom. The summed E-state index contributed by atoms with van der Waals surface area (Å²) >= 11 is 5.64. The number of ether oxygens (including phenoxy) is 1. The highest BCUT2D eigenvalue weighted by Gasteiger charge is 2.69. The summed E-state index contributed by atoms with van der Waals surface area (Å²) in [6.45, 7) is 1.66. The average Bonchev–Trinajstić information content (AvgIpc) is 3.10. The van der Waals surface area contributed by atoms with Gasteiger partial charge in [-0.1, -0.05) is 18.0 Å². The summed E-state index contributed by atoms with van der Waals surface area (Å²) in [6, 6.07) is 4.23. The number of carbonyl (C=O) groups is 2. The van der Waals surface area contributed by atoms with E-state index in [2.05, 4.69) is 20.9 Å². The van der Waals surface area contributed by atoms with Crippen molar-refractivity contribution in [2.45, 2.75) is 61.7 Å². The Morgan fingerprint density at radius 1 is 1.23 bits per heavy atom. The molecular weight excluding hydrogens is 411 g/mol. The molecule has 5 aliphatic rings. The smallest absolute Gasteiger partial charge is 0.258 e.